The van der Waals surface area contributed by atoms with Crippen LogP contribution in [0.3, 0.4) is 0 Å². The second-order valence-corrected chi connectivity index (χ2v) is 7.44. The van der Waals surface area contributed by atoms with Gasteiger partial charge in [-0.2, -0.15) is 0 Å². The van der Waals surface area contributed by atoms with Gasteiger partial charge in [0, 0.05) is 12.6 Å². The minimum absolute atomic E-state index is 0.129. The van der Waals surface area contributed by atoms with Crippen LogP contribution in [-0.4, -0.2) is 50.8 Å². The Labute approximate surface area is 138 Å². The molecule has 1 fully saturated rings. The number of carboxylic acid groups (broad SMARTS) is 1. The summed E-state index contributed by atoms with van der Waals surface area (Å²) in [6.07, 6.45) is 6.16. The summed E-state index contributed by atoms with van der Waals surface area (Å²) in [6, 6.07) is 10.3. The van der Waals surface area contributed by atoms with Crippen molar-refractivity contribution < 1.29 is 18.3 Å². The molecule has 7 heteroatoms. The third-order valence-electron chi connectivity index (χ3n) is 3.80. The van der Waals surface area contributed by atoms with Gasteiger partial charge >= 0.3 is 0 Å². The highest BCUT2D eigenvalue weighted by molar-refractivity contribution is 7.88. The van der Waals surface area contributed by atoms with Crippen LogP contribution in [0.4, 0.5) is 0 Å². The molecular weight excluding hydrogens is 316 g/mol. The lowest BCUT2D eigenvalue weighted by molar-refractivity contribution is -0.122. The Morgan fingerprint density at radius 3 is 2.17 bits per heavy atom. The highest BCUT2D eigenvalue weighted by Crippen LogP contribution is 2.23. The van der Waals surface area contributed by atoms with Gasteiger partial charge in [0.1, 0.15) is 0 Å². The first-order valence-corrected chi connectivity index (χ1v) is 9.68. The molecule has 6 nitrogen and oxygen atoms in total. The van der Waals surface area contributed by atoms with E-state index >= 15 is 0 Å². The molecule has 23 heavy (non-hydrogen) atoms. The molecule has 0 bridgehead atoms. The van der Waals surface area contributed by atoms with Crippen molar-refractivity contribution in [1.82, 2.24) is 9.62 Å². The number of carbonyl (C=O) groups is 1. The standard InChI is InChI=1S/C15H24N2O2S.CH2O2/c1-20(18,19)16-13-15(14-9-5-4-6-10-14)17-11-7-2-3-8-12-17;2-1-3/h4-6,9-10,15-16H,2-3,7-8,11-13H2,1H3;1H,(H,2,3). The van der Waals surface area contributed by atoms with Crippen LogP contribution in [0.25, 0.3) is 0 Å². The fraction of sp³-hybridized carbons (Fsp3) is 0.562. The Kier molecular flexibility index (Phi) is 8.83. The quantitative estimate of drug-likeness (QED) is 0.798. The van der Waals surface area contributed by atoms with Crippen LogP contribution >= 0.6 is 0 Å². The van der Waals surface area contributed by atoms with Gasteiger partial charge in [0.15, 0.2) is 0 Å². The third-order valence-corrected chi connectivity index (χ3v) is 4.50. The van der Waals surface area contributed by atoms with Gasteiger partial charge < -0.3 is 5.11 Å². The topological polar surface area (TPSA) is 86.7 Å². The number of sulfonamides is 1. The van der Waals surface area contributed by atoms with Crippen molar-refractivity contribution >= 4 is 16.5 Å². The van der Waals surface area contributed by atoms with Crippen LogP contribution in [-0.2, 0) is 14.8 Å². The van der Waals surface area contributed by atoms with Crippen molar-refractivity contribution in [2.75, 3.05) is 25.9 Å². The smallest absolute Gasteiger partial charge is 0.290 e. The SMILES string of the molecule is CS(=O)(=O)NCC(c1ccccc1)N1CCCCCC1.O=CO. The molecule has 1 unspecified atom stereocenters. The summed E-state index contributed by atoms with van der Waals surface area (Å²) in [5, 5.41) is 6.89. The van der Waals surface area contributed by atoms with Gasteiger partial charge in [0.2, 0.25) is 10.0 Å². The number of rotatable bonds is 5. The van der Waals surface area contributed by atoms with Gasteiger partial charge in [0.05, 0.1) is 6.26 Å². The molecule has 1 aliphatic heterocycles. The number of nitrogens with one attached hydrogen (secondary N) is 1. The summed E-state index contributed by atoms with van der Waals surface area (Å²) in [5.41, 5.74) is 1.19. The maximum atomic E-state index is 11.4. The minimum Gasteiger partial charge on any atom is -0.483 e. The summed E-state index contributed by atoms with van der Waals surface area (Å²) in [6.45, 7) is 2.29. The summed E-state index contributed by atoms with van der Waals surface area (Å²) in [4.78, 5) is 10.8. The molecule has 1 aromatic carbocycles. The maximum absolute atomic E-state index is 11.4. The first-order chi connectivity index (χ1) is 11.0. The van der Waals surface area contributed by atoms with Crippen molar-refractivity contribution in [2.24, 2.45) is 0 Å². The van der Waals surface area contributed by atoms with E-state index in [0.717, 1.165) is 13.1 Å². The lowest BCUT2D eigenvalue weighted by Crippen LogP contribution is -2.38. The molecule has 1 aromatic rings. The van der Waals surface area contributed by atoms with Gasteiger partial charge in [-0.15, -0.1) is 0 Å². The molecule has 1 saturated heterocycles. The van der Waals surface area contributed by atoms with E-state index in [1.165, 1.54) is 37.5 Å². The summed E-state index contributed by atoms with van der Waals surface area (Å²) in [7, 11) is -3.15. The van der Waals surface area contributed by atoms with E-state index in [4.69, 9.17) is 9.90 Å². The van der Waals surface area contributed by atoms with E-state index < -0.39 is 10.0 Å². The average molecular weight is 342 g/mol. The zero-order chi connectivity index (χ0) is 17.1. The van der Waals surface area contributed by atoms with Crippen LogP contribution < -0.4 is 4.72 Å². The highest BCUT2D eigenvalue weighted by atomic mass is 32.2. The van der Waals surface area contributed by atoms with Crippen LogP contribution in [0, 0.1) is 0 Å². The van der Waals surface area contributed by atoms with Crippen molar-refractivity contribution in [3.63, 3.8) is 0 Å². The molecule has 2 rings (SSSR count). The minimum atomic E-state index is -3.15. The zero-order valence-electron chi connectivity index (χ0n) is 13.5. The predicted molar refractivity (Wildman–Crippen MR) is 90.8 cm³/mol. The molecule has 1 heterocycles. The van der Waals surface area contributed by atoms with Gasteiger partial charge in [0.25, 0.3) is 6.47 Å². The Bertz CT molecular complexity index is 540. The van der Waals surface area contributed by atoms with Crippen LogP contribution in [0.15, 0.2) is 30.3 Å². The van der Waals surface area contributed by atoms with Crippen molar-refractivity contribution in [3.8, 4) is 0 Å². The molecular formula is C16H26N2O4S. The molecule has 0 saturated carbocycles. The Balaban J connectivity index is 0.000000816. The number of hydrogen-bond donors (Lipinski definition) is 2. The molecule has 0 amide bonds. The molecule has 130 valence electrons. The van der Waals surface area contributed by atoms with E-state index in [9.17, 15) is 8.42 Å². The monoisotopic (exact) mass is 342 g/mol. The Morgan fingerprint density at radius 1 is 1.17 bits per heavy atom. The number of likely N-dealkylation sites (tertiary alicyclic amines) is 1. The normalized spacial score (nSPS) is 17.4. The van der Waals surface area contributed by atoms with Crippen LogP contribution in [0.1, 0.15) is 37.3 Å². The van der Waals surface area contributed by atoms with Gasteiger partial charge in [-0.05, 0) is 31.5 Å². The van der Waals surface area contributed by atoms with E-state index in [1.807, 2.05) is 18.2 Å². The molecule has 0 aromatic heterocycles. The molecule has 0 spiro atoms. The highest BCUT2D eigenvalue weighted by Gasteiger charge is 2.22. The molecule has 2 N–H and O–H groups in total. The number of nitrogens with zero attached hydrogens (tertiary/aromatic N) is 1. The lowest BCUT2D eigenvalue weighted by Gasteiger charge is -2.31. The fourth-order valence-electron chi connectivity index (χ4n) is 2.77. The van der Waals surface area contributed by atoms with Gasteiger partial charge in [-0.3, -0.25) is 9.69 Å². The molecule has 0 aliphatic carbocycles. The van der Waals surface area contributed by atoms with E-state index in [2.05, 4.69) is 21.8 Å². The Hall–Kier alpha value is -1.44. The largest absolute Gasteiger partial charge is 0.483 e. The summed E-state index contributed by atoms with van der Waals surface area (Å²) < 4.78 is 25.4. The van der Waals surface area contributed by atoms with Crippen LogP contribution in [0.5, 0.6) is 0 Å². The first kappa shape index (κ1) is 19.6. The van der Waals surface area contributed by atoms with Crippen molar-refractivity contribution in [1.29, 1.82) is 0 Å². The summed E-state index contributed by atoms with van der Waals surface area (Å²) >= 11 is 0. The summed E-state index contributed by atoms with van der Waals surface area (Å²) in [5.74, 6) is 0. The van der Waals surface area contributed by atoms with Crippen molar-refractivity contribution in [2.45, 2.75) is 31.7 Å². The Morgan fingerprint density at radius 2 is 1.70 bits per heavy atom. The number of benzene rings is 1. The predicted octanol–water partition coefficient (Wildman–Crippen LogP) is 1.85. The fourth-order valence-corrected chi connectivity index (χ4v) is 3.23. The van der Waals surface area contributed by atoms with E-state index in [-0.39, 0.29) is 12.5 Å². The molecule has 0 radical (unpaired) electrons. The second-order valence-electron chi connectivity index (χ2n) is 5.60. The maximum Gasteiger partial charge on any atom is 0.290 e. The molecule has 1 atom stereocenters. The third kappa shape index (κ3) is 8.11. The van der Waals surface area contributed by atoms with Crippen molar-refractivity contribution in [3.05, 3.63) is 35.9 Å². The van der Waals surface area contributed by atoms with E-state index in [0.29, 0.717) is 6.54 Å². The van der Waals surface area contributed by atoms with Crippen LogP contribution in [0.2, 0.25) is 0 Å². The first-order valence-electron chi connectivity index (χ1n) is 7.79. The second kappa shape index (κ2) is 10.4. The lowest BCUT2D eigenvalue weighted by atomic mass is 10.1. The molecule has 1 aliphatic rings. The van der Waals surface area contributed by atoms with E-state index in [1.54, 1.807) is 0 Å². The zero-order valence-corrected chi connectivity index (χ0v) is 14.3. The number of hydrogen-bond acceptors (Lipinski definition) is 4. The van der Waals surface area contributed by atoms with Gasteiger partial charge in [-0.25, -0.2) is 13.1 Å². The average Bonchev–Trinajstić information content (AvgIpc) is 2.78. The van der Waals surface area contributed by atoms with Gasteiger partial charge in [-0.1, -0.05) is 43.2 Å².